The van der Waals surface area contributed by atoms with E-state index < -0.39 is 89.9 Å². The number of halogens is 9. The first-order valence-electron chi connectivity index (χ1n) is 13.3. The number of aryl methyl sites for hydroxylation is 1. The molecule has 0 spiro atoms. The minimum atomic E-state index is -5.28. The van der Waals surface area contributed by atoms with E-state index in [-0.39, 0.29) is 39.1 Å². The van der Waals surface area contributed by atoms with E-state index in [0.29, 0.717) is 17.2 Å². The van der Waals surface area contributed by atoms with Gasteiger partial charge in [-0.15, -0.1) is 0 Å². The van der Waals surface area contributed by atoms with Crippen LogP contribution in [0.2, 0.25) is 0 Å². The van der Waals surface area contributed by atoms with Gasteiger partial charge >= 0.3 is 16.5 Å². The highest BCUT2D eigenvalue weighted by Gasteiger charge is 2.43. The molecule has 0 fully saturated rings. The van der Waals surface area contributed by atoms with Gasteiger partial charge < -0.3 is 0 Å². The summed E-state index contributed by atoms with van der Waals surface area (Å²) in [5.41, 5.74) is -13.6. The van der Waals surface area contributed by atoms with E-state index in [9.17, 15) is 50.0 Å². The lowest BCUT2D eigenvalue weighted by molar-refractivity contribution is -0.0352. The number of nitrogens with zero attached hydrogens (tertiary/aromatic N) is 4. The summed E-state index contributed by atoms with van der Waals surface area (Å²) in [6, 6.07) is 5.98. The molecule has 0 unspecified atom stereocenters. The molecule has 0 aliphatic heterocycles. The molecule has 3 aromatic carbocycles. The first-order chi connectivity index (χ1) is 22.2. The fourth-order valence-electron chi connectivity index (χ4n) is 6.23. The van der Waals surface area contributed by atoms with E-state index in [2.05, 4.69) is 9.69 Å². The van der Waals surface area contributed by atoms with Crippen LogP contribution in [0.1, 0.15) is 38.9 Å². The minimum absolute atomic E-state index is 0.0383. The van der Waals surface area contributed by atoms with Gasteiger partial charge in [0.05, 0.1) is 25.3 Å². The zero-order valence-corrected chi connectivity index (χ0v) is 26.9. The van der Waals surface area contributed by atoms with Gasteiger partial charge in [-0.1, -0.05) is 6.07 Å². The first kappa shape index (κ1) is 35.1. The summed E-state index contributed by atoms with van der Waals surface area (Å²) in [4.78, 5) is 3.04. The fraction of sp³-hybridized carbons (Fsp3) is 0.250. The lowest BCUT2D eigenvalue weighted by Crippen LogP contribution is -2.25. The van der Waals surface area contributed by atoms with Gasteiger partial charge in [0, 0.05) is 19.9 Å². The van der Waals surface area contributed by atoms with Crippen molar-refractivity contribution in [3.05, 3.63) is 84.3 Å². The molecule has 0 amide bonds. The molecule has 3 aromatic rings. The van der Waals surface area contributed by atoms with Crippen LogP contribution in [0.25, 0.3) is 43.3 Å². The number of nitriles is 2. The fourth-order valence-corrected chi connectivity index (χ4v) is 8.77. The Labute approximate surface area is 279 Å². The Morgan fingerprint density at radius 3 is 1.58 bits per heavy atom. The van der Waals surface area contributed by atoms with Gasteiger partial charge in [0.25, 0.3) is 11.4 Å². The number of hydrogen-bond acceptors (Lipinski definition) is 5. The second kappa shape index (κ2) is 12.0. The highest BCUT2D eigenvalue weighted by Crippen LogP contribution is 2.57. The maximum absolute atomic E-state index is 14.0. The molecule has 0 atom stereocenters. The van der Waals surface area contributed by atoms with Gasteiger partial charge in [-0.3, -0.25) is 0 Å². The molecule has 244 valence electrons. The van der Waals surface area contributed by atoms with Crippen LogP contribution in [0.3, 0.4) is 0 Å². The lowest BCUT2D eigenvalue weighted by atomic mass is 9.89. The predicted octanol–water partition coefficient (Wildman–Crippen LogP) is 9.69. The average Bonchev–Trinajstić information content (AvgIpc) is 3.52. The summed E-state index contributed by atoms with van der Waals surface area (Å²) in [6.07, 6.45) is -0.540. The highest BCUT2D eigenvalue weighted by molar-refractivity contribution is 8.04. The van der Waals surface area contributed by atoms with Crippen molar-refractivity contribution in [2.45, 2.75) is 64.8 Å². The Kier molecular flexibility index (Phi) is 8.80. The van der Waals surface area contributed by atoms with Gasteiger partial charge in [-0.2, -0.15) is 39.5 Å². The van der Waals surface area contributed by atoms with Crippen molar-refractivity contribution in [2.75, 3.05) is 0 Å². The van der Waals surface area contributed by atoms with E-state index in [1.807, 2.05) is 13.8 Å². The molecule has 4 nitrogen and oxygen atoms in total. The molecule has 0 saturated carbocycles. The molecule has 0 saturated heterocycles. The number of fused-ring (bicyclic) bond motifs is 6. The number of rotatable bonds is 3. The summed E-state index contributed by atoms with van der Waals surface area (Å²) in [6.45, 7) is 21.0. The van der Waals surface area contributed by atoms with Crippen LogP contribution < -0.4 is 10.4 Å². The summed E-state index contributed by atoms with van der Waals surface area (Å²) in [5.74, 6) is 0. The van der Waals surface area contributed by atoms with Gasteiger partial charge in [0.1, 0.15) is 0 Å². The van der Waals surface area contributed by atoms with Crippen molar-refractivity contribution >= 4 is 46.7 Å². The van der Waals surface area contributed by atoms with E-state index in [1.54, 1.807) is 25.1 Å². The van der Waals surface area contributed by atoms with Gasteiger partial charge in [-0.05, 0) is 141 Å². The van der Waals surface area contributed by atoms with E-state index in [0.717, 1.165) is 22.3 Å². The van der Waals surface area contributed by atoms with Crippen molar-refractivity contribution in [3.8, 4) is 34.4 Å². The molecule has 5 rings (SSSR count). The summed E-state index contributed by atoms with van der Waals surface area (Å²) in [5, 5.41) is 20.0. The maximum Gasteiger partial charge on any atom is 0.446 e. The van der Waals surface area contributed by atoms with Crippen LogP contribution in [0.4, 0.5) is 39.5 Å². The maximum atomic E-state index is 14.0. The van der Waals surface area contributed by atoms with Crippen LogP contribution in [-0.2, 0) is 12.8 Å². The second-order valence-corrected chi connectivity index (χ2v) is 13.9. The van der Waals surface area contributed by atoms with Crippen LogP contribution in [0.5, 0.6) is 0 Å². The van der Waals surface area contributed by atoms with Crippen LogP contribution in [-0.4, -0.2) is 16.5 Å². The molecule has 2 aliphatic carbocycles. The Hall–Kier alpha value is -4.22. The molecule has 0 aromatic heterocycles. The zero-order chi connectivity index (χ0) is 35.7. The Balaban J connectivity index is 2.11. The van der Waals surface area contributed by atoms with Crippen molar-refractivity contribution in [1.82, 2.24) is 0 Å². The normalized spacial score (nSPS) is 14.5. The molecule has 0 radical (unpaired) electrons. The molecular formula is C32H15F9N4S3. The van der Waals surface area contributed by atoms with E-state index >= 15 is 0 Å². The third kappa shape index (κ3) is 6.09. The quantitative estimate of drug-likeness (QED) is 0.106. The van der Waals surface area contributed by atoms with Gasteiger partial charge in [0.15, 0.2) is 0 Å². The van der Waals surface area contributed by atoms with Crippen LogP contribution in [0, 0.1) is 56.6 Å². The van der Waals surface area contributed by atoms with Crippen molar-refractivity contribution in [3.63, 3.8) is 0 Å². The number of thioether (sulfide) groups is 3. The minimum Gasteiger partial charge on any atom is -0.226 e. The van der Waals surface area contributed by atoms with Crippen LogP contribution >= 0.6 is 35.3 Å². The highest BCUT2D eigenvalue weighted by atomic mass is 32.2. The molecule has 0 heterocycles. The molecule has 0 N–H and O–H groups in total. The van der Waals surface area contributed by atoms with Gasteiger partial charge in [0.2, 0.25) is 0 Å². The first-order valence-corrected chi connectivity index (χ1v) is 15.8. The molecule has 0 bridgehead atoms. The largest absolute Gasteiger partial charge is 0.446 e. The summed E-state index contributed by atoms with van der Waals surface area (Å²) < 4.78 is 125. The molecule has 2 aliphatic rings. The Bertz CT molecular complexity index is 2230. The number of benzene rings is 3. The predicted molar refractivity (Wildman–Crippen MR) is 163 cm³/mol. The standard InChI is InChI=1S/C32H15F9N4S3/c1-12-6-16-15(14(3)13(12)2)7-19-24(21(10-42)44-4)20-8-18-17(26(20)27(25(16)19)22(11-43)45-5)9-23(46-30(33,34)35)29(48-32(39,40)41)28(18)47-31(36,37)38/h6,9H,7-8H2,1-3H3/b24-21+,27-22+. The average molecular weight is 723 g/mol. The van der Waals surface area contributed by atoms with Crippen molar-refractivity contribution < 1.29 is 39.5 Å². The Morgan fingerprint density at radius 1 is 0.646 bits per heavy atom. The molecule has 16 heteroatoms. The van der Waals surface area contributed by atoms with E-state index in [4.69, 9.17) is 13.1 Å². The Morgan fingerprint density at radius 2 is 1.10 bits per heavy atom. The smallest absolute Gasteiger partial charge is 0.226 e. The van der Waals surface area contributed by atoms with E-state index in [1.165, 1.54) is 0 Å². The van der Waals surface area contributed by atoms with Crippen LogP contribution in [0.15, 0.2) is 26.8 Å². The zero-order valence-electron chi connectivity index (χ0n) is 24.5. The monoisotopic (exact) mass is 722 g/mol. The van der Waals surface area contributed by atoms with Gasteiger partial charge in [-0.25, -0.2) is 20.2 Å². The third-order valence-corrected chi connectivity index (χ3v) is 10.9. The molecular weight excluding hydrogens is 708 g/mol. The summed E-state index contributed by atoms with van der Waals surface area (Å²) in [7, 11) is 0. The topological polar surface area (TPSA) is 56.3 Å². The SMILES string of the molecule is [C-]#[N+]/C(C#N)=c1\c2c(/c(=C(/C#N)[N+]#[C-])c3c1Cc1c-3cc(SC(F)(F)F)c(SC(F)(F)F)c1SC(F)(F)F)-c1cc(C)c(C)c(C)c1C2. The second-order valence-electron chi connectivity index (χ2n) is 10.6. The van der Waals surface area contributed by atoms with Crippen molar-refractivity contribution in [1.29, 1.82) is 10.5 Å². The number of alkyl halides is 9. The third-order valence-electron chi connectivity index (χ3n) is 8.12. The number of hydrogen-bond donors (Lipinski definition) is 0. The lowest BCUT2D eigenvalue weighted by Gasteiger charge is -2.21. The summed E-state index contributed by atoms with van der Waals surface area (Å²) >= 11 is -3.15. The van der Waals surface area contributed by atoms with Crippen molar-refractivity contribution in [2.24, 2.45) is 0 Å². The molecule has 48 heavy (non-hydrogen) atoms.